The summed E-state index contributed by atoms with van der Waals surface area (Å²) in [6.07, 6.45) is 0. The lowest BCUT2D eigenvalue weighted by Crippen LogP contribution is -1.92. The second kappa shape index (κ2) is 3.13. The van der Waals surface area contributed by atoms with Gasteiger partial charge in [0.2, 0.25) is 18.6 Å². The van der Waals surface area contributed by atoms with Gasteiger partial charge < -0.3 is 19.6 Å². The minimum absolute atomic E-state index is 0.209. The van der Waals surface area contributed by atoms with Crippen molar-refractivity contribution in [1.82, 2.24) is 10.2 Å². The first-order valence-electron chi connectivity index (χ1n) is 4.73. The van der Waals surface area contributed by atoms with Gasteiger partial charge in [0, 0.05) is 18.7 Å². The first-order valence-corrected chi connectivity index (χ1v) is 4.73. The Morgan fingerprint density at radius 1 is 1.19 bits per heavy atom. The van der Waals surface area contributed by atoms with E-state index >= 15 is 0 Å². The first-order chi connectivity index (χ1) is 7.74. The molecular formula is C10H9N3O3. The second-order valence-corrected chi connectivity index (χ2v) is 3.42. The van der Waals surface area contributed by atoms with Crippen molar-refractivity contribution in [2.45, 2.75) is 6.92 Å². The third-order valence-electron chi connectivity index (χ3n) is 2.30. The molecule has 0 amide bonds. The molecule has 6 nitrogen and oxygen atoms in total. The summed E-state index contributed by atoms with van der Waals surface area (Å²) < 4.78 is 15.8. The van der Waals surface area contributed by atoms with E-state index in [4.69, 9.17) is 19.6 Å². The number of anilines is 1. The van der Waals surface area contributed by atoms with Crippen molar-refractivity contribution in [3.63, 3.8) is 0 Å². The van der Waals surface area contributed by atoms with Crippen LogP contribution < -0.4 is 15.2 Å². The summed E-state index contributed by atoms with van der Waals surface area (Å²) in [4.78, 5) is 0. The lowest BCUT2D eigenvalue weighted by Gasteiger charge is -2.02. The maximum atomic E-state index is 5.87. The number of nitrogens with zero attached hydrogens (tertiary/aromatic N) is 2. The van der Waals surface area contributed by atoms with Gasteiger partial charge >= 0.3 is 0 Å². The van der Waals surface area contributed by atoms with Crippen LogP contribution >= 0.6 is 0 Å². The Morgan fingerprint density at radius 3 is 2.62 bits per heavy atom. The zero-order valence-electron chi connectivity index (χ0n) is 8.56. The minimum Gasteiger partial charge on any atom is -0.454 e. The van der Waals surface area contributed by atoms with E-state index in [1.807, 2.05) is 0 Å². The number of nitrogens with two attached hydrogens (primary N) is 1. The molecule has 2 N–H and O–H groups in total. The molecule has 0 aliphatic carbocycles. The van der Waals surface area contributed by atoms with Gasteiger partial charge in [-0.1, -0.05) is 0 Å². The Labute approximate surface area is 91.0 Å². The number of aryl methyl sites for hydroxylation is 1. The molecule has 1 aromatic heterocycles. The molecule has 2 aromatic rings. The molecule has 82 valence electrons. The Bertz CT molecular complexity index is 550. The number of hydrogen-bond donors (Lipinski definition) is 1. The molecule has 0 saturated heterocycles. The van der Waals surface area contributed by atoms with E-state index in [-0.39, 0.29) is 6.79 Å². The minimum atomic E-state index is 0.209. The third kappa shape index (κ3) is 1.27. The summed E-state index contributed by atoms with van der Waals surface area (Å²) in [6.45, 7) is 1.93. The maximum Gasteiger partial charge on any atom is 0.249 e. The molecule has 0 bridgehead atoms. The monoisotopic (exact) mass is 219 g/mol. The number of aromatic nitrogens is 2. The van der Waals surface area contributed by atoms with Crippen molar-refractivity contribution in [2.75, 3.05) is 12.5 Å². The SMILES string of the molecule is Cc1nnc(-c2cc3c(cc2N)OCO3)o1. The second-order valence-electron chi connectivity index (χ2n) is 3.42. The van der Waals surface area contributed by atoms with Gasteiger partial charge in [-0.25, -0.2) is 0 Å². The summed E-state index contributed by atoms with van der Waals surface area (Å²) in [5, 5.41) is 7.66. The molecule has 16 heavy (non-hydrogen) atoms. The fourth-order valence-electron chi connectivity index (χ4n) is 1.55. The van der Waals surface area contributed by atoms with Crippen LogP contribution in [0.5, 0.6) is 11.5 Å². The lowest BCUT2D eigenvalue weighted by molar-refractivity contribution is 0.174. The van der Waals surface area contributed by atoms with E-state index in [9.17, 15) is 0 Å². The number of hydrogen-bond acceptors (Lipinski definition) is 6. The lowest BCUT2D eigenvalue weighted by atomic mass is 10.1. The highest BCUT2D eigenvalue weighted by Gasteiger charge is 2.19. The summed E-state index contributed by atoms with van der Waals surface area (Å²) in [6, 6.07) is 3.43. The van der Waals surface area contributed by atoms with Crippen molar-refractivity contribution in [1.29, 1.82) is 0 Å². The van der Waals surface area contributed by atoms with Gasteiger partial charge in [-0.3, -0.25) is 0 Å². The summed E-state index contributed by atoms with van der Waals surface area (Å²) in [7, 11) is 0. The van der Waals surface area contributed by atoms with Crippen molar-refractivity contribution in [3.8, 4) is 23.0 Å². The van der Waals surface area contributed by atoms with Gasteiger partial charge in [-0.15, -0.1) is 10.2 Å². The first kappa shape index (κ1) is 9.02. The summed E-state index contributed by atoms with van der Waals surface area (Å²) in [5.74, 6) is 2.15. The molecule has 1 aliphatic heterocycles. The molecule has 0 atom stereocenters. The molecule has 0 fully saturated rings. The Hall–Kier alpha value is -2.24. The van der Waals surface area contributed by atoms with Crippen LogP contribution in [0.4, 0.5) is 5.69 Å². The highest BCUT2D eigenvalue weighted by Crippen LogP contribution is 2.39. The average molecular weight is 219 g/mol. The summed E-state index contributed by atoms with van der Waals surface area (Å²) >= 11 is 0. The van der Waals surface area contributed by atoms with Crippen molar-refractivity contribution >= 4 is 5.69 Å². The third-order valence-corrected chi connectivity index (χ3v) is 2.30. The van der Waals surface area contributed by atoms with E-state index in [1.54, 1.807) is 19.1 Å². The van der Waals surface area contributed by atoms with Gasteiger partial charge in [-0.05, 0) is 6.07 Å². The van der Waals surface area contributed by atoms with Gasteiger partial charge in [0.25, 0.3) is 0 Å². The van der Waals surface area contributed by atoms with Crippen LogP contribution in [0.3, 0.4) is 0 Å². The molecule has 2 heterocycles. The molecule has 0 unspecified atom stereocenters. The number of rotatable bonds is 1. The standard InChI is InChI=1S/C10H9N3O3/c1-5-12-13-10(16-5)6-2-8-9(3-7(6)11)15-4-14-8/h2-3H,4,11H2,1H3. The van der Waals surface area contributed by atoms with Crippen LogP contribution in [-0.4, -0.2) is 17.0 Å². The average Bonchev–Trinajstić information content (AvgIpc) is 2.84. The van der Waals surface area contributed by atoms with Gasteiger partial charge in [-0.2, -0.15) is 0 Å². The highest BCUT2D eigenvalue weighted by atomic mass is 16.7. The molecule has 0 spiro atoms. The van der Waals surface area contributed by atoms with E-state index in [0.29, 0.717) is 34.5 Å². The number of benzene rings is 1. The molecule has 0 radical (unpaired) electrons. The van der Waals surface area contributed by atoms with Crippen LogP contribution in [0.1, 0.15) is 5.89 Å². The highest BCUT2D eigenvalue weighted by molar-refractivity contribution is 5.75. The normalized spacial score (nSPS) is 13.1. The maximum absolute atomic E-state index is 5.87. The van der Waals surface area contributed by atoms with Crippen LogP contribution in [0.25, 0.3) is 11.5 Å². The van der Waals surface area contributed by atoms with Crippen LogP contribution in [0.2, 0.25) is 0 Å². The Morgan fingerprint density at radius 2 is 1.94 bits per heavy atom. The largest absolute Gasteiger partial charge is 0.454 e. The van der Waals surface area contributed by atoms with Crippen molar-refractivity contribution in [2.24, 2.45) is 0 Å². The van der Waals surface area contributed by atoms with Crippen LogP contribution in [-0.2, 0) is 0 Å². The number of nitrogen functional groups attached to an aromatic ring is 1. The number of fused-ring (bicyclic) bond motifs is 1. The Balaban J connectivity index is 2.14. The van der Waals surface area contributed by atoms with Gasteiger partial charge in [0.05, 0.1) is 5.56 Å². The zero-order valence-corrected chi connectivity index (χ0v) is 8.56. The predicted molar refractivity (Wildman–Crippen MR) is 55.0 cm³/mol. The van der Waals surface area contributed by atoms with E-state index in [1.165, 1.54) is 0 Å². The summed E-state index contributed by atoms with van der Waals surface area (Å²) in [5.41, 5.74) is 7.05. The van der Waals surface area contributed by atoms with Gasteiger partial charge in [0.1, 0.15) is 0 Å². The van der Waals surface area contributed by atoms with Crippen molar-refractivity contribution < 1.29 is 13.9 Å². The molecule has 6 heteroatoms. The quantitative estimate of drug-likeness (QED) is 0.729. The smallest absolute Gasteiger partial charge is 0.249 e. The van der Waals surface area contributed by atoms with Crippen LogP contribution in [0.15, 0.2) is 16.5 Å². The van der Waals surface area contributed by atoms with Crippen molar-refractivity contribution in [3.05, 3.63) is 18.0 Å². The fraction of sp³-hybridized carbons (Fsp3) is 0.200. The van der Waals surface area contributed by atoms with Gasteiger partial charge in [0.15, 0.2) is 11.5 Å². The molecule has 1 aromatic carbocycles. The fourth-order valence-corrected chi connectivity index (χ4v) is 1.55. The Kier molecular flexibility index (Phi) is 1.76. The molecule has 0 saturated carbocycles. The molecule has 3 rings (SSSR count). The molecule has 1 aliphatic rings. The van der Waals surface area contributed by atoms with E-state index < -0.39 is 0 Å². The topological polar surface area (TPSA) is 83.4 Å². The molecular weight excluding hydrogens is 210 g/mol. The van der Waals surface area contributed by atoms with E-state index in [0.717, 1.165) is 0 Å². The van der Waals surface area contributed by atoms with Crippen LogP contribution in [0, 0.1) is 6.92 Å². The number of ether oxygens (including phenoxy) is 2. The van der Waals surface area contributed by atoms with E-state index in [2.05, 4.69) is 10.2 Å². The predicted octanol–water partition coefficient (Wildman–Crippen LogP) is 1.36. The zero-order chi connectivity index (χ0) is 11.1.